The third-order valence-electron chi connectivity index (χ3n) is 6.40. The van der Waals surface area contributed by atoms with Crippen molar-refractivity contribution in [3.63, 3.8) is 0 Å². The number of amides is 1. The monoisotopic (exact) mass is 451 g/mol. The Morgan fingerprint density at radius 2 is 1.50 bits per heavy atom. The zero-order chi connectivity index (χ0) is 23.3. The van der Waals surface area contributed by atoms with Gasteiger partial charge in [0.2, 0.25) is 5.91 Å². The van der Waals surface area contributed by atoms with Gasteiger partial charge < -0.3 is 14.2 Å². The molecule has 1 fully saturated rings. The van der Waals surface area contributed by atoms with Crippen molar-refractivity contribution in [3.05, 3.63) is 102 Å². The van der Waals surface area contributed by atoms with Gasteiger partial charge in [0.1, 0.15) is 5.69 Å². The number of carbonyl (C=O) groups excluding carboxylic acids is 1. The minimum atomic E-state index is 0.0665. The van der Waals surface area contributed by atoms with Crippen LogP contribution >= 0.6 is 0 Å². The van der Waals surface area contributed by atoms with Crippen molar-refractivity contribution in [1.29, 1.82) is 0 Å². The molecule has 0 aliphatic carbocycles. The SMILES string of the molecule is CN1CCN(C(=O)CCc2nc(-c3ccccc3)c(-c3ccccc3)o2)[C@H](c2ccccc2)C1. The number of likely N-dealkylation sites (N-methyl/N-ethyl adjacent to an activating group) is 1. The lowest BCUT2D eigenvalue weighted by Gasteiger charge is -2.40. The topological polar surface area (TPSA) is 49.6 Å². The molecule has 0 bridgehead atoms. The zero-order valence-electron chi connectivity index (χ0n) is 19.4. The Bertz CT molecular complexity index is 1170. The van der Waals surface area contributed by atoms with Crippen LogP contribution in [0, 0.1) is 0 Å². The van der Waals surface area contributed by atoms with E-state index in [0.717, 1.165) is 42.2 Å². The highest BCUT2D eigenvalue weighted by atomic mass is 16.4. The van der Waals surface area contributed by atoms with E-state index in [4.69, 9.17) is 9.40 Å². The number of benzene rings is 3. The van der Waals surface area contributed by atoms with E-state index in [1.807, 2.05) is 83.8 Å². The first kappa shape index (κ1) is 22.1. The second kappa shape index (κ2) is 10.1. The molecule has 5 nitrogen and oxygen atoms in total. The van der Waals surface area contributed by atoms with Gasteiger partial charge in [0.05, 0.1) is 6.04 Å². The van der Waals surface area contributed by atoms with E-state index in [2.05, 4.69) is 24.1 Å². The van der Waals surface area contributed by atoms with Gasteiger partial charge in [-0.2, -0.15) is 0 Å². The quantitative estimate of drug-likeness (QED) is 0.391. The Balaban J connectivity index is 1.36. The van der Waals surface area contributed by atoms with Crippen molar-refractivity contribution in [1.82, 2.24) is 14.8 Å². The second-order valence-corrected chi connectivity index (χ2v) is 8.79. The first-order valence-corrected chi connectivity index (χ1v) is 11.8. The van der Waals surface area contributed by atoms with Crippen LogP contribution in [-0.4, -0.2) is 47.4 Å². The highest BCUT2D eigenvalue weighted by Gasteiger charge is 2.30. The average Bonchev–Trinajstić information content (AvgIpc) is 3.33. The van der Waals surface area contributed by atoms with E-state index in [-0.39, 0.29) is 11.9 Å². The normalized spacial score (nSPS) is 16.5. The fourth-order valence-electron chi connectivity index (χ4n) is 4.58. The Kier molecular flexibility index (Phi) is 6.54. The summed E-state index contributed by atoms with van der Waals surface area (Å²) in [5.74, 6) is 1.48. The Morgan fingerprint density at radius 1 is 0.882 bits per heavy atom. The number of rotatable bonds is 6. The fourth-order valence-corrected chi connectivity index (χ4v) is 4.58. The van der Waals surface area contributed by atoms with Gasteiger partial charge in [-0.05, 0) is 12.6 Å². The third-order valence-corrected chi connectivity index (χ3v) is 6.40. The van der Waals surface area contributed by atoms with E-state index in [1.54, 1.807) is 0 Å². The molecule has 1 amide bonds. The van der Waals surface area contributed by atoms with Crippen LogP contribution in [-0.2, 0) is 11.2 Å². The molecule has 3 aromatic carbocycles. The molecule has 34 heavy (non-hydrogen) atoms. The van der Waals surface area contributed by atoms with Crippen molar-refractivity contribution in [2.24, 2.45) is 0 Å². The molecule has 5 rings (SSSR count). The van der Waals surface area contributed by atoms with Crippen LogP contribution in [0.3, 0.4) is 0 Å². The molecule has 1 aliphatic heterocycles. The van der Waals surface area contributed by atoms with E-state index in [0.29, 0.717) is 18.7 Å². The maximum Gasteiger partial charge on any atom is 0.223 e. The van der Waals surface area contributed by atoms with Crippen LogP contribution in [0.25, 0.3) is 22.6 Å². The number of hydrogen-bond donors (Lipinski definition) is 0. The molecular weight excluding hydrogens is 422 g/mol. The molecule has 0 N–H and O–H groups in total. The summed E-state index contributed by atoms with van der Waals surface area (Å²) in [5, 5.41) is 0. The van der Waals surface area contributed by atoms with Crippen molar-refractivity contribution < 1.29 is 9.21 Å². The first-order valence-electron chi connectivity index (χ1n) is 11.8. The van der Waals surface area contributed by atoms with Crippen LogP contribution in [0.1, 0.15) is 23.9 Å². The molecular formula is C29H29N3O2. The number of carbonyl (C=O) groups is 1. The number of piperazine rings is 1. The third kappa shape index (κ3) is 4.80. The van der Waals surface area contributed by atoms with E-state index in [9.17, 15) is 4.79 Å². The van der Waals surface area contributed by atoms with Gasteiger partial charge in [0, 0.05) is 43.6 Å². The predicted molar refractivity (Wildman–Crippen MR) is 134 cm³/mol. The van der Waals surface area contributed by atoms with Gasteiger partial charge in [-0.1, -0.05) is 91.0 Å². The maximum absolute atomic E-state index is 13.3. The molecule has 0 saturated carbocycles. The molecule has 4 aromatic rings. The van der Waals surface area contributed by atoms with Gasteiger partial charge in [-0.15, -0.1) is 0 Å². The average molecular weight is 452 g/mol. The fraction of sp³-hybridized carbons (Fsp3) is 0.241. The van der Waals surface area contributed by atoms with Gasteiger partial charge >= 0.3 is 0 Å². The summed E-state index contributed by atoms with van der Waals surface area (Å²) in [5.41, 5.74) is 3.98. The molecule has 1 atom stereocenters. The van der Waals surface area contributed by atoms with Crippen molar-refractivity contribution in [2.75, 3.05) is 26.7 Å². The molecule has 0 radical (unpaired) electrons. The van der Waals surface area contributed by atoms with Gasteiger partial charge in [0.15, 0.2) is 11.7 Å². The van der Waals surface area contributed by atoms with E-state index in [1.165, 1.54) is 5.56 Å². The molecule has 1 saturated heterocycles. The molecule has 1 aromatic heterocycles. The van der Waals surface area contributed by atoms with Crippen molar-refractivity contribution >= 4 is 5.91 Å². The lowest BCUT2D eigenvalue weighted by atomic mass is 10.0. The van der Waals surface area contributed by atoms with Gasteiger partial charge in [-0.25, -0.2) is 4.98 Å². The molecule has 5 heteroatoms. The Morgan fingerprint density at radius 3 is 2.18 bits per heavy atom. The summed E-state index contributed by atoms with van der Waals surface area (Å²) in [6, 6.07) is 30.5. The number of hydrogen-bond acceptors (Lipinski definition) is 4. The second-order valence-electron chi connectivity index (χ2n) is 8.79. The maximum atomic E-state index is 13.3. The summed E-state index contributed by atoms with van der Waals surface area (Å²) >= 11 is 0. The molecule has 1 aliphatic rings. The predicted octanol–water partition coefficient (Wildman–Crippen LogP) is 5.46. The molecule has 0 spiro atoms. The van der Waals surface area contributed by atoms with Crippen LogP contribution < -0.4 is 0 Å². The smallest absolute Gasteiger partial charge is 0.223 e. The van der Waals surface area contributed by atoms with Crippen LogP contribution in [0.15, 0.2) is 95.4 Å². The minimum Gasteiger partial charge on any atom is -0.440 e. The van der Waals surface area contributed by atoms with Crippen LogP contribution in [0.4, 0.5) is 0 Å². The summed E-state index contributed by atoms with van der Waals surface area (Å²) in [6.45, 7) is 2.44. The summed E-state index contributed by atoms with van der Waals surface area (Å²) in [6.07, 6.45) is 0.843. The lowest BCUT2D eigenvalue weighted by molar-refractivity contribution is -0.136. The van der Waals surface area contributed by atoms with Crippen LogP contribution in [0.5, 0.6) is 0 Å². The number of oxazole rings is 1. The highest BCUT2D eigenvalue weighted by molar-refractivity contribution is 5.78. The highest BCUT2D eigenvalue weighted by Crippen LogP contribution is 2.33. The summed E-state index contributed by atoms with van der Waals surface area (Å²) in [7, 11) is 2.11. The molecule has 172 valence electrons. The van der Waals surface area contributed by atoms with E-state index < -0.39 is 0 Å². The largest absolute Gasteiger partial charge is 0.440 e. The minimum absolute atomic E-state index is 0.0665. The number of nitrogens with zero attached hydrogens (tertiary/aromatic N) is 3. The van der Waals surface area contributed by atoms with Gasteiger partial charge in [-0.3, -0.25) is 4.79 Å². The van der Waals surface area contributed by atoms with Crippen LogP contribution in [0.2, 0.25) is 0 Å². The van der Waals surface area contributed by atoms with Crippen molar-refractivity contribution in [2.45, 2.75) is 18.9 Å². The lowest BCUT2D eigenvalue weighted by Crippen LogP contribution is -2.49. The Labute approximate surface area is 200 Å². The van der Waals surface area contributed by atoms with Crippen molar-refractivity contribution in [3.8, 4) is 22.6 Å². The van der Waals surface area contributed by atoms with Gasteiger partial charge in [0.25, 0.3) is 0 Å². The Hall–Kier alpha value is -3.70. The standard InChI is InChI=1S/C29H29N3O2/c1-31-19-20-32(25(21-31)22-11-5-2-6-12-22)27(33)18-17-26-30-28(23-13-7-3-8-14-23)29(34-26)24-15-9-4-10-16-24/h2-16,25H,17-21H2,1H3/t25-/m0/s1. The number of aromatic nitrogens is 1. The zero-order valence-corrected chi connectivity index (χ0v) is 19.4. The number of aryl methyl sites for hydroxylation is 1. The summed E-state index contributed by atoms with van der Waals surface area (Å²) < 4.78 is 6.23. The molecule has 2 heterocycles. The summed E-state index contributed by atoms with van der Waals surface area (Å²) in [4.78, 5) is 22.5. The first-order chi connectivity index (χ1) is 16.7. The molecule has 0 unspecified atom stereocenters. The van der Waals surface area contributed by atoms with E-state index >= 15 is 0 Å².